The van der Waals surface area contributed by atoms with E-state index in [4.69, 9.17) is 9.47 Å². The monoisotopic (exact) mass is 362 g/mol. The van der Waals surface area contributed by atoms with E-state index in [-0.39, 0.29) is 11.3 Å². The Balaban J connectivity index is 2.08. The molecule has 2 rings (SSSR count). The molecule has 0 aromatic heterocycles. The van der Waals surface area contributed by atoms with Crippen LogP contribution in [-0.4, -0.2) is 42.6 Å². The van der Waals surface area contributed by atoms with Crippen LogP contribution >= 0.6 is 0 Å². The summed E-state index contributed by atoms with van der Waals surface area (Å²) in [6, 6.07) is 6.00. The molecule has 1 saturated carbocycles. The van der Waals surface area contributed by atoms with Gasteiger partial charge in [-0.05, 0) is 31.9 Å². The first-order chi connectivity index (χ1) is 12.3. The Labute approximate surface area is 152 Å². The van der Waals surface area contributed by atoms with Crippen molar-refractivity contribution in [2.24, 2.45) is 0 Å². The molecule has 1 aliphatic carbocycles. The third kappa shape index (κ3) is 3.96. The first-order valence-corrected chi connectivity index (χ1v) is 8.58. The Morgan fingerprint density at radius 3 is 2.50 bits per heavy atom. The molecular weight excluding hydrogens is 339 g/mol. The summed E-state index contributed by atoms with van der Waals surface area (Å²) in [5.74, 6) is -1.93. The number of esters is 1. The summed E-state index contributed by atoms with van der Waals surface area (Å²) in [5, 5.41) is 9.58. The minimum atomic E-state index is -1.12. The molecule has 0 radical (unpaired) electrons. The van der Waals surface area contributed by atoms with E-state index in [1.165, 1.54) is 31.1 Å². The Morgan fingerprint density at radius 2 is 1.96 bits per heavy atom. The largest absolute Gasteiger partial charge is 0.497 e. The zero-order valence-electron chi connectivity index (χ0n) is 15.3. The molecule has 1 atom stereocenters. The number of methoxy groups -OCH3 is 1. The van der Waals surface area contributed by atoms with Crippen molar-refractivity contribution in [3.05, 3.63) is 29.6 Å². The van der Waals surface area contributed by atoms with Crippen LogP contribution in [0.5, 0.6) is 5.75 Å². The number of carbonyl (C=O) groups is 2. The minimum absolute atomic E-state index is 0.274. The molecule has 0 unspecified atom stereocenters. The molecular formula is C19H23FN2O4. The number of nitriles is 1. The van der Waals surface area contributed by atoms with Gasteiger partial charge in [-0.2, -0.15) is 5.26 Å². The number of halogens is 1. The molecule has 1 amide bonds. The average Bonchev–Trinajstić information content (AvgIpc) is 2.66. The van der Waals surface area contributed by atoms with E-state index >= 15 is 0 Å². The van der Waals surface area contributed by atoms with Crippen LogP contribution in [0.3, 0.4) is 0 Å². The molecule has 7 heteroatoms. The second kappa shape index (κ2) is 8.17. The van der Waals surface area contributed by atoms with Gasteiger partial charge in [-0.15, -0.1) is 0 Å². The predicted molar refractivity (Wildman–Crippen MR) is 92.0 cm³/mol. The molecule has 140 valence electrons. The van der Waals surface area contributed by atoms with Gasteiger partial charge in [0.25, 0.3) is 5.91 Å². The van der Waals surface area contributed by atoms with Crippen molar-refractivity contribution in [1.29, 1.82) is 5.26 Å². The van der Waals surface area contributed by atoms with Gasteiger partial charge in [0.1, 0.15) is 17.1 Å². The summed E-state index contributed by atoms with van der Waals surface area (Å²) in [7, 11) is 2.94. The third-order valence-corrected chi connectivity index (χ3v) is 4.89. The van der Waals surface area contributed by atoms with Gasteiger partial charge in [-0.1, -0.05) is 19.3 Å². The lowest BCUT2D eigenvalue weighted by molar-refractivity contribution is -0.143. The van der Waals surface area contributed by atoms with E-state index in [1.807, 2.05) is 0 Å². The van der Waals surface area contributed by atoms with Gasteiger partial charge in [0, 0.05) is 13.1 Å². The van der Waals surface area contributed by atoms with Gasteiger partial charge in [0.2, 0.25) is 0 Å². The third-order valence-electron chi connectivity index (χ3n) is 4.89. The molecule has 0 aliphatic heterocycles. The molecule has 0 bridgehead atoms. The van der Waals surface area contributed by atoms with E-state index in [0.29, 0.717) is 12.8 Å². The second-order valence-corrected chi connectivity index (χ2v) is 6.49. The van der Waals surface area contributed by atoms with Crippen LogP contribution in [0.15, 0.2) is 18.2 Å². The highest BCUT2D eigenvalue weighted by molar-refractivity contribution is 5.92. The van der Waals surface area contributed by atoms with Crippen LogP contribution in [-0.2, 0) is 9.53 Å². The Kier molecular flexibility index (Phi) is 6.19. The number of amides is 1. The molecule has 6 nitrogen and oxygen atoms in total. The summed E-state index contributed by atoms with van der Waals surface area (Å²) in [4.78, 5) is 26.2. The van der Waals surface area contributed by atoms with Gasteiger partial charge in [0.15, 0.2) is 6.10 Å². The van der Waals surface area contributed by atoms with Crippen LogP contribution in [0.2, 0.25) is 0 Å². The molecule has 0 spiro atoms. The quantitative estimate of drug-likeness (QED) is 0.752. The molecule has 0 saturated heterocycles. The SMILES string of the molecule is COc1ccc(C(=O)O[C@H](C)C(=O)N(C)C2(C#N)CCCCC2)c(F)c1. The Hall–Kier alpha value is -2.62. The average molecular weight is 362 g/mol. The molecule has 0 N–H and O–H groups in total. The highest BCUT2D eigenvalue weighted by Crippen LogP contribution is 2.33. The number of likely N-dealkylation sites (N-methyl/N-ethyl adjacent to an activating group) is 1. The fourth-order valence-corrected chi connectivity index (χ4v) is 3.21. The maximum atomic E-state index is 14.0. The zero-order chi connectivity index (χ0) is 19.3. The van der Waals surface area contributed by atoms with Crippen molar-refractivity contribution in [2.75, 3.05) is 14.2 Å². The van der Waals surface area contributed by atoms with E-state index in [1.54, 1.807) is 7.05 Å². The molecule has 1 fully saturated rings. The van der Waals surface area contributed by atoms with Gasteiger partial charge in [0.05, 0.1) is 18.7 Å². The van der Waals surface area contributed by atoms with E-state index < -0.39 is 29.3 Å². The summed E-state index contributed by atoms with van der Waals surface area (Å²) in [5.41, 5.74) is -1.15. The van der Waals surface area contributed by atoms with Crippen molar-refractivity contribution >= 4 is 11.9 Å². The topological polar surface area (TPSA) is 79.6 Å². The molecule has 1 aromatic rings. The fourth-order valence-electron chi connectivity index (χ4n) is 3.21. The standard InChI is InChI=1S/C19H23FN2O4/c1-13(17(23)22(2)19(12-21)9-5-4-6-10-19)26-18(24)15-8-7-14(25-3)11-16(15)20/h7-8,11,13H,4-6,9-10H2,1-3H3/t13-/m1/s1. The number of hydrogen-bond acceptors (Lipinski definition) is 5. The molecule has 1 aromatic carbocycles. The number of carbonyl (C=O) groups excluding carboxylic acids is 2. The minimum Gasteiger partial charge on any atom is -0.497 e. The van der Waals surface area contributed by atoms with Crippen LogP contribution in [0, 0.1) is 17.1 Å². The van der Waals surface area contributed by atoms with Crippen molar-refractivity contribution in [2.45, 2.75) is 50.7 Å². The maximum Gasteiger partial charge on any atom is 0.341 e. The highest BCUT2D eigenvalue weighted by atomic mass is 19.1. The predicted octanol–water partition coefficient (Wildman–Crippen LogP) is 3.06. The first kappa shape index (κ1) is 19.7. The lowest BCUT2D eigenvalue weighted by Gasteiger charge is -2.39. The molecule has 0 heterocycles. The van der Waals surface area contributed by atoms with Crippen molar-refractivity contribution in [3.63, 3.8) is 0 Å². The lowest BCUT2D eigenvalue weighted by Crippen LogP contribution is -2.53. The van der Waals surface area contributed by atoms with Crippen molar-refractivity contribution in [1.82, 2.24) is 4.90 Å². The number of rotatable bonds is 5. The zero-order valence-corrected chi connectivity index (χ0v) is 15.3. The summed E-state index contributed by atoms with van der Waals surface area (Å²) >= 11 is 0. The second-order valence-electron chi connectivity index (χ2n) is 6.49. The molecule has 26 heavy (non-hydrogen) atoms. The summed E-state index contributed by atoms with van der Waals surface area (Å²) in [6.45, 7) is 1.42. The van der Waals surface area contributed by atoms with Gasteiger partial charge < -0.3 is 14.4 Å². The number of nitrogens with zero attached hydrogens (tertiary/aromatic N) is 2. The van der Waals surface area contributed by atoms with Crippen LogP contribution in [0.1, 0.15) is 49.4 Å². The summed E-state index contributed by atoms with van der Waals surface area (Å²) in [6.07, 6.45) is 2.85. The number of hydrogen-bond donors (Lipinski definition) is 0. The van der Waals surface area contributed by atoms with E-state index in [9.17, 15) is 19.2 Å². The van der Waals surface area contributed by atoms with Crippen molar-refractivity contribution in [3.8, 4) is 11.8 Å². The lowest BCUT2D eigenvalue weighted by atomic mass is 9.81. The first-order valence-electron chi connectivity index (χ1n) is 8.58. The van der Waals surface area contributed by atoms with Gasteiger partial charge in [-0.3, -0.25) is 4.79 Å². The Morgan fingerprint density at radius 1 is 1.31 bits per heavy atom. The number of ether oxygens (including phenoxy) is 2. The van der Waals surface area contributed by atoms with Crippen molar-refractivity contribution < 1.29 is 23.5 Å². The van der Waals surface area contributed by atoms with Crippen LogP contribution < -0.4 is 4.74 Å². The molecule has 1 aliphatic rings. The number of benzene rings is 1. The summed E-state index contributed by atoms with van der Waals surface area (Å²) < 4.78 is 24.0. The van der Waals surface area contributed by atoms with E-state index in [0.717, 1.165) is 25.3 Å². The van der Waals surface area contributed by atoms with Gasteiger partial charge >= 0.3 is 5.97 Å². The van der Waals surface area contributed by atoms with Gasteiger partial charge in [-0.25, -0.2) is 9.18 Å². The maximum absolute atomic E-state index is 14.0. The Bertz CT molecular complexity index is 723. The normalized spacial score (nSPS) is 16.9. The highest BCUT2D eigenvalue weighted by Gasteiger charge is 2.40. The van der Waals surface area contributed by atoms with E-state index in [2.05, 4.69) is 6.07 Å². The van der Waals surface area contributed by atoms with Crippen LogP contribution in [0.25, 0.3) is 0 Å². The fraction of sp³-hybridized carbons (Fsp3) is 0.526. The smallest absolute Gasteiger partial charge is 0.341 e. The van der Waals surface area contributed by atoms with Crippen LogP contribution in [0.4, 0.5) is 4.39 Å².